The van der Waals surface area contributed by atoms with Crippen LogP contribution in [0, 0.1) is 0 Å². The van der Waals surface area contributed by atoms with Crippen LogP contribution < -0.4 is 5.32 Å². The maximum Gasteiger partial charge on any atom is 0.317 e. The molecule has 0 unspecified atom stereocenters. The fraction of sp³-hybridized carbons (Fsp3) is 0.579. The molecule has 1 aromatic heterocycles. The number of urea groups is 1. The predicted octanol–water partition coefficient (Wildman–Crippen LogP) is 3.29. The van der Waals surface area contributed by atoms with Gasteiger partial charge in [-0.25, -0.2) is 9.78 Å². The van der Waals surface area contributed by atoms with Crippen LogP contribution in [0.1, 0.15) is 43.9 Å². The van der Waals surface area contributed by atoms with Crippen LogP contribution in [0.5, 0.6) is 0 Å². The highest BCUT2D eigenvalue weighted by Gasteiger charge is 2.28. The molecule has 0 aliphatic carbocycles. The van der Waals surface area contributed by atoms with Gasteiger partial charge in [0.05, 0.1) is 12.0 Å². The van der Waals surface area contributed by atoms with Crippen LogP contribution in [-0.2, 0) is 4.74 Å². The summed E-state index contributed by atoms with van der Waals surface area (Å²) >= 11 is 0. The van der Waals surface area contributed by atoms with E-state index in [9.17, 15) is 4.79 Å². The molecule has 2 fully saturated rings. The molecule has 0 saturated carbocycles. The van der Waals surface area contributed by atoms with Crippen LogP contribution in [0.4, 0.5) is 4.79 Å². The Balaban J connectivity index is 1.32. The first-order chi connectivity index (χ1) is 12.3. The van der Waals surface area contributed by atoms with Crippen LogP contribution in [0.2, 0.25) is 0 Å². The monoisotopic (exact) mass is 343 g/mol. The number of likely N-dealkylation sites (tertiary alicyclic amines) is 1. The fourth-order valence-electron chi connectivity index (χ4n) is 3.75. The Morgan fingerprint density at radius 2 is 2.20 bits per heavy atom. The molecule has 3 heterocycles. The van der Waals surface area contributed by atoms with Gasteiger partial charge in [-0.1, -0.05) is 12.1 Å². The van der Waals surface area contributed by atoms with E-state index in [4.69, 9.17) is 9.15 Å². The van der Waals surface area contributed by atoms with Gasteiger partial charge in [-0.05, 0) is 44.2 Å². The second-order valence-electron chi connectivity index (χ2n) is 6.96. The molecule has 1 N–H and O–H groups in total. The van der Waals surface area contributed by atoms with Crippen molar-refractivity contribution >= 4 is 17.1 Å². The number of hydrogen-bond acceptors (Lipinski definition) is 4. The van der Waals surface area contributed by atoms with E-state index in [2.05, 4.69) is 10.3 Å². The van der Waals surface area contributed by atoms with Crippen molar-refractivity contribution in [1.29, 1.82) is 0 Å². The van der Waals surface area contributed by atoms with Gasteiger partial charge in [0.15, 0.2) is 11.5 Å². The van der Waals surface area contributed by atoms with E-state index in [-0.39, 0.29) is 11.9 Å². The summed E-state index contributed by atoms with van der Waals surface area (Å²) in [5.41, 5.74) is 1.70. The number of aromatic nitrogens is 1. The molecule has 2 aliphatic rings. The van der Waals surface area contributed by atoms with Gasteiger partial charge < -0.3 is 19.4 Å². The van der Waals surface area contributed by atoms with Crippen molar-refractivity contribution in [2.75, 3.05) is 26.2 Å². The first-order valence-electron chi connectivity index (χ1n) is 9.29. The van der Waals surface area contributed by atoms with Gasteiger partial charge in [0, 0.05) is 26.2 Å². The number of amides is 2. The number of nitrogens with one attached hydrogen (secondary N) is 1. The third kappa shape index (κ3) is 3.79. The van der Waals surface area contributed by atoms with E-state index < -0.39 is 0 Å². The zero-order valence-corrected chi connectivity index (χ0v) is 14.4. The van der Waals surface area contributed by atoms with Gasteiger partial charge in [-0.3, -0.25) is 0 Å². The first kappa shape index (κ1) is 16.4. The number of fused-ring (bicyclic) bond motifs is 1. The summed E-state index contributed by atoms with van der Waals surface area (Å²) in [5, 5.41) is 3.03. The molecule has 0 bridgehead atoms. The third-order valence-corrected chi connectivity index (χ3v) is 5.13. The Bertz CT molecular complexity index is 691. The number of hydrogen-bond donors (Lipinski definition) is 1. The smallest absolute Gasteiger partial charge is 0.317 e. The molecule has 1 aromatic carbocycles. The SMILES string of the molecule is O=C(NCC[C@@H]1CCCO1)N1CCC[C@@H](c2nc3ccccc3o2)C1. The second kappa shape index (κ2) is 7.44. The molecule has 0 radical (unpaired) electrons. The zero-order chi connectivity index (χ0) is 17.1. The normalized spacial score (nSPS) is 23.9. The molecular weight excluding hydrogens is 318 g/mol. The van der Waals surface area contributed by atoms with Crippen molar-refractivity contribution in [2.24, 2.45) is 0 Å². The lowest BCUT2D eigenvalue weighted by atomic mass is 9.98. The number of carbonyl (C=O) groups is 1. The number of oxazole rings is 1. The fourth-order valence-corrected chi connectivity index (χ4v) is 3.75. The number of piperidine rings is 1. The predicted molar refractivity (Wildman–Crippen MR) is 94.5 cm³/mol. The summed E-state index contributed by atoms with van der Waals surface area (Å²) in [4.78, 5) is 18.9. The lowest BCUT2D eigenvalue weighted by Crippen LogP contribution is -2.45. The maximum atomic E-state index is 12.4. The van der Waals surface area contributed by atoms with Gasteiger partial charge in [0.25, 0.3) is 0 Å². The molecule has 25 heavy (non-hydrogen) atoms. The van der Waals surface area contributed by atoms with Gasteiger partial charge in [0.1, 0.15) is 5.52 Å². The Morgan fingerprint density at radius 1 is 1.28 bits per heavy atom. The van der Waals surface area contributed by atoms with Crippen LogP contribution in [0.3, 0.4) is 0 Å². The number of carbonyl (C=O) groups excluding carboxylic acids is 1. The lowest BCUT2D eigenvalue weighted by Gasteiger charge is -2.31. The number of ether oxygens (including phenoxy) is 1. The minimum atomic E-state index is 0.0128. The van der Waals surface area contributed by atoms with Gasteiger partial charge in [0.2, 0.25) is 0 Å². The summed E-state index contributed by atoms with van der Waals surface area (Å²) in [6.45, 7) is 2.99. The zero-order valence-electron chi connectivity index (χ0n) is 14.4. The topological polar surface area (TPSA) is 67.6 Å². The average Bonchev–Trinajstić information content (AvgIpc) is 3.31. The molecule has 6 heteroatoms. The molecule has 2 aromatic rings. The lowest BCUT2D eigenvalue weighted by molar-refractivity contribution is 0.104. The van der Waals surface area contributed by atoms with E-state index in [0.717, 1.165) is 62.2 Å². The number of nitrogens with zero attached hydrogens (tertiary/aromatic N) is 2. The molecular formula is C19H25N3O3. The molecule has 0 spiro atoms. The Kier molecular flexibility index (Phi) is 4.88. The van der Waals surface area contributed by atoms with E-state index in [1.165, 1.54) is 0 Å². The van der Waals surface area contributed by atoms with Crippen LogP contribution in [-0.4, -0.2) is 48.3 Å². The Morgan fingerprint density at radius 3 is 3.04 bits per heavy atom. The minimum Gasteiger partial charge on any atom is -0.440 e. The molecule has 2 aliphatic heterocycles. The third-order valence-electron chi connectivity index (χ3n) is 5.13. The molecule has 2 saturated heterocycles. The van der Waals surface area contributed by atoms with Crippen molar-refractivity contribution in [1.82, 2.24) is 15.2 Å². The highest BCUT2D eigenvalue weighted by atomic mass is 16.5. The quantitative estimate of drug-likeness (QED) is 0.925. The number of rotatable bonds is 4. The minimum absolute atomic E-state index is 0.0128. The Labute approximate surface area is 147 Å². The van der Waals surface area contributed by atoms with Crippen molar-refractivity contribution in [3.05, 3.63) is 30.2 Å². The van der Waals surface area contributed by atoms with Gasteiger partial charge in [-0.2, -0.15) is 0 Å². The molecule has 2 atom stereocenters. The van der Waals surface area contributed by atoms with Crippen LogP contribution in [0.15, 0.2) is 28.7 Å². The van der Waals surface area contributed by atoms with E-state index in [1.807, 2.05) is 29.2 Å². The summed E-state index contributed by atoms with van der Waals surface area (Å²) in [6, 6.07) is 7.82. The summed E-state index contributed by atoms with van der Waals surface area (Å²) in [6.07, 6.45) is 5.44. The van der Waals surface area contributed by atoms with Crippen molar-refractivity contribution in [3.63, 3.8) is 0 Å². The highest BCUT2D eigenvalue weighted by molar-refractivity contribution is 5.74. The maximum absolute atomic E-state index is 12.4. The molecule has 4 rings (SSSR count). The van der Waals surface area contributed by atoms with Crippen molar-refractivity contribution < 1.29 is 13.9 Å². The standard InChI is InChI=1S/C19H25N3O3/c23-19(20-10-9-15-6-4-12-24-15)22-11-3-5-14(13-22)18-21-16-7-1-2-8-17(16)25-18/h1-2,7-8,14-15H,3-6,9-13H2,(H,20,23)/t14-,15+/m1/s1. The molecule has 6 nitrogen and oxygen atoms in total. The second-order valence-corrected chi connectivity index (χ2v) is 6.96. The summed E-state index contributed by atoms with van der Waals surface area (Å²) in [7, 11) is 0. The molecule has 2 amide bonds. The summed E-state index contributed by atoms with van der Waals surface area (Å²) < 4.78 is 11.5. The van der Waals surface area contributed by atoms with Crippen molar-refractivity contribution in [2.45, 2.75) is 44.1 Å². The van der Waals surface area contributed by atoms with Crippen LogP contribution >= 0.6 is 0 Å². The van der Waals surface area contributed by atoms with E-state index in [0.29, 0.717) is 19.2 Å². The van der Waals surface area contributed by atoms with Crippen LogP contribution in [0.25, 0.3) is 11.1 Å². The van der Waals surface area contributed by atoms with Gasteiger partial charge >= 0.3 is 6.03 Å². The molecule has 134 valence electrons. The Hall–Kier alpha value is -2.08. The largest absolute Gasteiger partial charge is 0.440 e. The van der Waals surface area contributed by atoms with Crippen molar-refractivity contribution in [3.8, 4) is 0 Å². The van der Waals surface area contributed by atoms with Gasteiger partial charge in [-0.15, -0.1) is 0 Å². The first-order valence-corrected chi connectivity index (χ1v) is 9.29. The van der Waals surface area contributed by atoms with E-state index >= 15 is 0 Å². The highest BCUT2D eigenvalue weighted by Crippen LogP contribution is 2.29. The number of benzene rings is 1. The average molecular weight is 343 g/mol. The summed E-state index contributed by atoms with van der Waals surface area (Å²) in [5.74, 6) is 0.920. The van der Waals surface area contributed by atoms with E-state index in [1.54, 1.807) is 0 Å². The number of para-hydroxylation sites is 2.